The molecule has 1 saturated heterocycles. The number of carbonyl (C=O) groups excluding carboxylic acids is 2. The summed E-state index contributed by atoms with van der Waals surface area (Å²) in [5.41, 5.74) is 0.529. The zero-order valence-electron chi connectivity index (χ0n) is 10.4. The van der Waals surface area contributed by atoms with E-state index in [4.69, 9.17) is 0 Å². The molecule has 0 saturated carbocycles. The molecule has 2 rings (SSSR count). The predicted molar refractivity (Wildman–Crippen MR) is 69.1 cm³/mol. The van der Waals surface area contributed by atoms with E-state index in [1.54, 1.807) is 0 Å². The smallest absolute Gasteiger partial charge is 0.238 e. The molecule has 0 aromatic heterocycles. The van der Waals surface area contributed by atoms with Crippen molar-refractivity contribution >= 4 is 17.5 Å². The number of halogens is 1. The van der Waals surface area contributed by atoms with Crippen molar-refractivity contribution in [2.24, 2.45) is 0 Å². The van der Waals surface area contributed by atoms with Crippen LogP contribution in [0.1, 0.15) is 12.8 Å². The van der Waals surface area contributed by atoms with Gasteiger partial charge in [0.25, 0.3) is 0 Å². The highest BCUT2D eigenvalue weighted by atomic mass is 19.1. The van der Waals surface area contributed by atoms with E-state index in [-0.39, 0.29) is 30.2 Å². The molecule has 1 atom stereocenters. The Kier molecular flexibility index (Phi) is 4.46. The van der Waals surface area contributed by atoms with Crippen molar-refractivity contribution in [1.82, 2.24) is 10.6 Å². The number of piperidine rings is 1. The summed E-state index contributed by atoms with van der Waals surface area (Å²) < 4.78 is 12.7. The maximum atomic E-state index is 12.7. The third-order valence-corrected chi connectivity index (χ3v) is 2.92. The van der Waals surface area contributed by atoms with Gasteiger partial charge < -0.3 is 10.6 Å². The Morgan fingerprint density at radius 3 is 2.79 bits per heavy atom. The van der Waals surface area contributed by atoms with Gasteiger partial charge in [0.2, 0.25) is 11.8 Å². The van der Waals surface area contributed by atoms with Crippen LogP contribution in [0.15, 0.2) is 24.3 Å². The van der Waals surface area contributed by atoms with Gasteiger partial charge in [-0.2, -0.15) is 0 Å². The second-order valence-electron chi connectivity index (χ2n) is 4.42. The van der Waals surface area contributed by atoms with E-state index in [1.165, 1.54) is 24.3 Å². The van der Waals surface area contributed by atoms with E-state index in [0.717, 1.165) is 12.8 Å². The van der Waals surface area contributed by atoms with Gasteiger partial charge in [-0.25, -0.2) is 4.39 Å². The third-order valence-electron chi connectivity index (χ3n) is 2.92. The summed E-state index contributed by atoms with van der Waals surface area (Å²) in [6.45, 7) is 0.744. The summed E-state index contributed by atoms with van der Waals surface area (Å²) >= 11 is 0. The molecule has 1 aliphatic rings. The number of carbonyl (C=O) groups is 2. The van der Waals surface area contributed by atoms with Crippen LogP contribution in [0.4, 0.5) is 10.1 Å². The van der Waals surface area contributed by atoms with Crippen LogP contribution < -0.4 is 16.0 Å². The molecular weight excluding hydrogens is 249 g/mol. The molecule has 3 N–H and O–H groups in total. The maximum absolute atomic E-state index is 12.7. The molecule has 1 unspecified atom stereocenters. The zero-order valence-corrected chi connectivity index (χ0v) is 10.4. The number of amides is 2. The van der Waals surface area contributed by atoms with Crippen molar-refractivity contribution in [3.05, 3.63) is 30.1 Å². The topological polar surface area (TPSA) is 70.2 Å². The summed E-state index contributed by atoms with van der Waals surface area (Å²) in [4.78, 5) is 23.1. The minimum Gasteiger partial charge on any atom is -0.355 e. The Hall–Kier alpha value is -1.95. The predicted octanol–water partition coefficient (Wildman–Crippen LogP) is 0.632. The van der Waals surface area contributed by atoms with Gasteiger partial charge >= 0.3 is 0 Å². The Labute approximate surface area is 110 Å². The quantitative estimate of drug-likeness (QED) is 0.748. The van der Waals surface area contributed by atoms with Crippen LogP contribution in [0.2, 0.25) is 0 Å². The van der Waals surface area contributed by atoms with Crippen molar-refractivity contribution in [1.29, 1.82) is 0 Å². The van der Waals surface area contributed by atoms with Crippen molar-refractivity contribution in [2.75, 3.05) is 18.4 Å². The highest BCUT2D eigenvalue weighted by Crippen LogP contribution is 2.08. The van der Waals surface area contributed by atoms with Gasteiger partial charge in [-0.1, -0.05) is 0 Å². The average molecular weight is 265 g/mol. The molecule has 0 radical (unpaired) electrons. The highest BCUT2D eigenvalue weighted by Gasteiger charge is 2.21. The van der Waals surface area contributed by atoms with Gasteiger partial charge in [0.05, 0.1) is 12.6 Å². The lowest BCUT2D eigenvalue weighted by Crippen LogP contribution is -2.50. The summed E-state index contributed by atoms with van der Waals surface area (Å²) in [5, 5.41) is 8.27. The lowest BCUT2D eigenvalue weighted by molar-refractivity contribution is -0.124. The number of anilines is 1. The number of hydrogen-bond acceptors (Lipinski definition) is 3. The molecule has 102 valence electrons. The molecule has 0 spiro atoms. The lowest BCUT2D eigenvalue weighted by Gasteiger charge is -2.22. The van der Waals surface area contributed by atoms with E-state index < -0.39 is 0 Å². The van der Waals surface area contributed by atoms with Crippen LogP contribution >= 0.6 is 0 Å². The number of nitrogens with one attached hydrogen (secondary N) is 3. The Morgan fingerprint density at radius 1 is 1.37 bits per heavy atom. The molecule has 1 heterocycles. The molecule has 5 nitrogen and oxygen atoms in total. The lowest BCUT2D eigenvalue weighted by atomic mass is 10.1. The Bertz CT molecular complexity index is 461. The van der Waals surface area contributed by atoms with E-state index in [0.29, 0.717) is 12.2 Å². The summed E-state index contributed by atoms with van der Waals surface area (Å²) in [6.07, 6.45) is 1.64. The van der Waals surface area contributed by atoms with Gasteiger partial charge in [0, 0.05) is 12.2 Å². The van der Waals surface area contributed by atoms with E-state index in [1.807, 2.05) is 0 Å². The first-order valence-electron chi connectivity index (χ1n) is 6.21. The monoisotopic (exact) mass is 265 g/mol. The molecular formula is C13H16FN3O2. The molecule has 0 aliphatic carbocycles. The summed E-state index contributed by atoms with van der Waals surface area (Å²) in [7, 11) is 0. The number of hydrogen-bond donors (Lipinski definition) is 3. The van der Waals surface area contributed by atoms with Gasteiger partial charge in [-0.3, -0.25) is 14.9 Å². The summed E-state index contributed by atoms with van der Waals surface area (Å²) in [6, 6.07) is 5.21. The van der Waals surface area contributed by atoms with Gasteiger partial charge in [0.1, 0.15) is 5.82 Å². The van der Waals surface area contributed by atoms with E-state index in [2.05, 4.69) is 16.0 Å². The van der Waals surface area contributed by atoms with Crippen LogP contribution in [-0.2, 0) is 9.59 Å². The standard InChI is InChI=1S/C13H16FN3O2/c14-9-3-5-10(6-4-9)17-12(18)8-16-11-2-1-7-15-13(11)19/h3-6,11,16H,1-2,7-8H2,(H,15,19)(H,17,18). The molecule has 6 heteroatoms. The molecule has 0 bridgehead atoms. The van der Waals surface area contributed by atoms with Crippen molar-refractivity contribution in [2.45, 2.75) is 18.9 Å². The molecule has 1 aromatic rings. The average Bonchev–Trinajstić information content (AvgIpc) is 2.40. The summed E-state index contributed by atoms with van der Waals surface area (Å²) in [5.74, 6) is -0.680. The normalized spacial score (nSPS) is 18.8. The molecule has 2 amide bonds. The maximum Gasteiger partial charge on any atom is 0.238 e. The molecule has 1 aromatic carbocycles. The second kappa shape index (κ2) is 6.29. The first kappa shape index (κ1) is 13.5. The van der Waals surface area contributed by atoms with Crippen LogP contribution in [0.25, 0.3) is 0 Å². The SMILES string of the molecule is O=C(CNC1CCCNC1=O)Nc1ccc(F)cc1. The fraction of sp³-hybridized carbons (Fsp3) is 0.385. The van der Waals surface area contributed by atoms with Crippen LogP contribution in [-0.4, -0.2) is 30.9 Å². The van der Waals surface area contributed by atoms with Gasteiger partial charge in [-0.15, -0.1) is 0 Å². The van der Waals surface area contributed by atoms with E-state index >= 15 is 0 Å². The van der Waals surface area contributed by atoms with Crippen LogP contribution in [0.5, 0.6) is 0 Å². The Morgan fingerprint density at radius 2 is 2.11 bits per heavy atom. The van der Waals surface area contributed by atoms with E-state index in [9.17, 15) is 14.0 Å². The fourth-order valence-corrected chi connectivity index (χ4v) is 1.92. The molecule has 1 aliphatic heterocycles. The molecule has 19 heavy (non-hydrogen) atoms. The fourth-order valence-electron chi connectivity index (χ4n) is 1.92. The number of rotatable bonds is 4. The highest BCUT2D eigenvalue weighted by molar-refractivity contribution is 5.92. The zero-order chi connectivity index (χ0) is 13.7. The van der Waals surface area contributed by atoms with Gasteiger partial charge in [-0.05, 0) is 37.1 Å². The Balaban J connectivity index is 1.78. The first-order chi connectivity index (χ1) is 9.15. The minimum absolute atomic E-state index is 0.0511. The largest absolute Gasteiger partial charge is 0.355 e. The number of benzene rings is 1. The minimum atomic E-state index is -0.352. The van der Waals surface area contributed by atoms with Crippen LogP contribution in [0.3, 0.4) is 0 Å². The van der Waals surface area contributed by atoms with Crippen molar-refractivity contribution in [3.63, 3.8) is 0 Å². The van der Waals surface area contributed by atoms with Gasteiger partial charge in [0.15, 0.2) is 0 Å². The van der Waals surface area contributed by atoms with Crippen LogP contribution in [0, 0.1) is 5.82 Å². The third kappa shape index (κ3) is 4.03. The van der Waals surface area contributed by atoms with Crippen molar-refractivity contribution in [3.8, 4) is 0 Å². The molecule has 1 fully saturated rings. The van der Waals surface area contributed by atoms with Crippen molar-refractivity contribution < 1.29 is 14.0 Å². The first-order valence-corrected chi connectivity index (χ1v) is 6.21. The second-order valence-corrected chi connectivity index (χ2v) is 4.42.